The second kappa shape index (κ2) is 5.97. The summed E-state index contributed by atoms with van der Waals surface area (Å²) in [5, 5.41) is 16.0. The van der Waals surface area contributed by atoms with Crippen LogP contribution in [-0.2, 0) is 11.2 Å². The van der Waals surface area contributed by atoms with Crippen LogP contribution in [0.1, 0.15) is 30.4 Å². The van der Waals surface area contributed by atoms with Gasteiger partial charge in [0.05, 0.1) is 6.10 Å². The molecule has 0 aromatic heterocycles. The normalized spacial score (nSPS) is 26.0. The Kier molecular flexibility index (Phi) is 4.19. The summed E-state index contributed by atoms with van der Waals surface area (Å²) in [5.74, 6) is -0.187. The van der Waals surface area contributed by atoms with Crippen LogP contribution < -0.4 is 10.6 Å². The largest absolute Gasteiger partial charge is 0.391 e. The number of hydrogen-bond donors (Lipinski definition) is 3. The molecule has 1 saturated carbocycles. The average Bonchev–Trinajstić information content (AvgIpc) is 3.09. The van der Waals surface area contributed by atoms with Gasteiger partial charge in [0.15, 0.2) is 0 Å². The van der Waals surface area contributed by atoms with Crippen LogP contribution in [0.15, 0.2) is 18.2 Å². The zero-order valence-electron chi connectivity index (χ0n) is 12.9. The highest BCUT2D eigenvalue weighted by molar-refractivity contribution is 5.77. The molecule has 2 aliphatic rings. The number of aliphatic hydroxyl groups is 1. The van der Waals surface area contributed by atoms with Gasteiger partial charge in [-0.1, -0.05) is 12.1 Å². The summed E-state index contributed by atoms with van der Waals surface area (Å²) in [7, 11) is 0. The molecule has 2 fully saturated rings. The lowest BCUT2D eigenvalue weighted by Gasteiger charge is -2.20. The molecule has 4 nitrogen and oxygen atoms in total. The summed E-state index contributed by atoms with van der Waals surface area (Å²) in [6.07, 6.45) is 2.59. The molecule has 120 valence electrons. The number of β-amino-alcohol motifs (C(OH)–C–C–N with tert-alkyl or cyclic N) is 1. The number of carbonyl (C=O) groups excluding carboxylic acids is 1. The number of aliphatic hydroxyl groups excluding tert-OH is 1. The molecule has 0 radical (unpaired) electrons. The monoisotopic (exact) mass is 306 g/mol. The highest BCUT2D eigenvalue weighted by atomic mass is 19.1. The van der Waals surface area contributed by atoms with E-state index in [4.69, 9.17) is 0 Å². The van der Waals surface area contributed by atoms with Crippen LogP contribution >= 0.6 is 0 Å². The van der Waals surface area contributed by atoms with Gasteiger partial charge in [-0.3, -0.25) is 4.79 Å². The van der Waals surface area contributed by atoms with Gasteiger partial charge in [-0.25, -0.2) is 4.39 Å². The van der Waals surface area contributed by atoms with E-state index in [1.54, 1.807) is 13.0 Å². The van der Waals surface area contributed by atoms with Crippen molar-refractivity contribution in [1.29, 1.82) is 0 Å². The first kappa shape index (κ1) is 15.4. The highest BCUT2D eigenvalue weighted by Crippen LogP contribution is 2.39. The fourth-order valence-corrected chi connectivity index (χ4v) is 3.22. The average molecular weight is 306 g/mol. The second-order valence-corrected chi connectivity index (χ2v) is 6.78. The molecule has 0 unspecified atom stereocenters. The van der Waals surface area contributed by atoms with Gasteiger partial charge in [0.25, 0.3) is 0 Å². The van der Waals surface area contributed by atoms with Gasteiger partial charge >= 0.3 is 0 Å². The van der Waals surface area contributed by atoms with Gasteiger partial charge in [-0.05, 0) is 43.4 Å². The Labute approximate surface area is 130 Å². The maximum absolute atomic E-state index is 13.3. The topological polar surface area (TPSA) is 61.4 Å². The Morgan fingerprint density at radius 2 is 2.23 bits per heavy atom. The first-order valence-corrected chi connectivity index (χ1v) is 7.92. The van der Waals surface area contributed by atoms with Gasteiger partial charge in [-0.15, -0.1) is 0 Å². The first-order chi connectivity index (χ1) is 10.5. The third kappa shape index (κ3) is 3.47. The van der Waals surface area contributed by atoms with Crippen molar-refractivity contribution in [3.05, 3.63) is 35.1 Å². The molecule has 5 heteroatoms. The molecule has 1 amide bonds. The molecule has 1 aromatic carbocycles. The van der Waals surface area contributed by atoms with Gasteiger partial charge in [0, 0.05) is 31.0 Å². The van der Waals surface area contributed by atoms with Crippen molar-refractivity contribution in [2.45, 2.75) is 44.2 Å². The molecular formula is C17H23FN2O2. The van der Waals surface area contributed by atoms with Crippen molar-refractivity contribution in [1.82, 2.24) is 10.6 Å². The lowest BCUT2D eigenvalue weighted by Crippen LogP contribution is -2.40. The highest BCUT2D eigenvalue weighted by Gasteiger charge is 2.44. The molecule has 1 saturated heterocycles. The summed E-state index contributed by atoms with van der Waals surface area (Å²) in [6, 6.07) is 5.13. The van der Waals surface area contributed by atoms with Crippen LogP contribution in [0.4, 0.5) is 4.39 Å². The number of nitrogens with one attached hydrogen (secondary N) is 2. The van der Waals surface area contributed by atoms with E-state index in [0.717, 1.165) is 24.8 Å². The lowest BCUT2D eigenvalue weighted by atomic mass is 9.99. The second-order valence-electron chi connectivity index (χ2n) is 6.78. The van der Waals surface area contributed by atoms with E-state index in [0.29, 0.717) is 25.1 Å². The van der Waals surface area contributed by atoms with Crippen molar-refractivity contribution >= 4 is 5.91 Å². The van der Waals surface area contributed by atoms with Crippen LogP contribution in [0, 0.1) is 18.7 Å². The van der Waals surface area contributed by atoms with Crippen LogP contribution in [0.25, 0.3) is 0 Å². The van der Waals surface area contributed by atoms with E-state index in [1.165, 1.54) is 6.07 Å². The van der Waals surface area contributed by atoms with E-state index in [2.05, 4.69) is 10.6 Å². The molecule has 1 aliphatic carbocycles. The van der Waals surface area contributed by atoms with Crippen LogP contribution in [-0.4, -0.2) is 35.7 Å². The van der Waals surface area contributed by atoms with E-state index in [1.807, 2.05) is 6.07 Å². The number of amides is 1. The summed E-state index contributed by atoms with van der Waals surface area (Å²) >= 11 is 0. The molecule has 1 heterocycles. The maximum Gasteiger partial charge on any atom is 0.220 e. The lowest BCUT2D eigenvalue weighted by molar-refractivity contribution is -0.123. The zero-order chi connectivity index (χ0) is 15.7. The minimum atomic E-state index is -0.430. The molecule has 2 atom stereocenters. The third-order valence-corrected chi connectivity index (χ3v) is 4.77. The predicted molar refractivity (Wildman–Crippen MR) is 81.9 cm³/mol. The Morgan fingerprint density at radius 3 is 2.82 bits per heavy atom. The van der Waals surface area contributed by atoms with E-state index in [9.17, 15) is 14.3 Å². The number of hydrogen-bond acceptors (Lipinski definition) is 3. The summed E-state index contributed by atoms with van der Waals surface area (Å²) in [5.41, 5.74) is 1.53. The van der Waals surface area contributed by atoms with E-state index in [-0.39, 0.29) is 23.2 Å². The van der Waals surface area contributed by atoms with Crippen LogP contribution in [0.2, 0.25) is 0 Å². The van der Waals surface area contributed by atoms with Crippen LogP contribution in [0.3, 0.4) is 0 Å². The third-order valence-electron chi connectivity index (χ3n) is 4.77. The number of benzene rings is 1. The van der Waals surface area contributed by atoms with Crippen molar-refractivity contribution < 1.29 is 14.3 Å². The summed E-state index contributed by atoms with van der Waals surface area (Å²) in [4.78, 5) is 12.2. The van der Waals surface area contributed by atoms with Crippen molar-refractivity contribution in [2.75, 3.05) is 13.1 Å². The van der Waals surface area contributed by atoms with Crippen molar-refractivity contribution in [2.24, 2.45) is 5.92 Å². The number of carbonyl (C=O) groups is 1. The molecule has 3 N–H and O–H groups in total. The van der Waals surface area contributed by atoms with E-state index >= 15 is 0 Å². The fraction of sp³-hybridized carbons (Fsp3) is 0.588. The summed E-state index contributed by atoms with van der Waals surface area (Å²) < 4.78 is 13.3. The predicted octanol–water partition coefficient (Wildman–Crippen LogP) is 1.30. The van der Waals surface area contributed by atoms with Gasteiger partial charge in [-0.2, -0.15) is 0 Å². The van der Waals surface area contributed by atoms with Crippen molar-refractivity contribution in [3.8, 4) is 0 Å². The minimum Gasteiger partial charge on any atom is -0.391 e. The Hall–Kier alpha value is -1.46. The molecule has 3 rings (SSSR count). The zero-order valence-corrected chi connectivity index (χ0v) is 12.9. The molecule has 0 spiro atoms. The number of halogens is 1. The van der Waals surface area contributed by atoms with Gasteiger partial charge in [0.2, 0.25) is 5.91 Å². The van der Waals surface area contributed by atoms with Crippen LogP contribution in [0.5, 0.6) is 0 Å². The maximum atomic E-state index is 13.3. The van der Waals surface area contributed by atoms with Gasteiger partial charge in [0.1, 0.15) is 5.82 Å². The van der Waals surface area contributed by atoms with E-state index < -0.39 is 6.10 Å². The Morgan fingerprint density at radius 1 is 1.45 bits per heavy atom. The van der Waals surface area contributed by atoms with Crippen molar-refractivity contribution in [3.63, 3.8) is 0 Å². The molecule has 1 aliphatic heterocycles. The fourth-order valence-electron chi connectivity index (χ4n) is 3.22. The summed E-state index contributed by atoms with van der Waals surface area (Å²) in [6.45, 7) is 3.02. The molecule has 1 aromatic rings. The molecular weight excluding hydrogens is 283 g/mol. The standard InChI is InChI=1S/C17H23FN2O2/c1-11-6-12(2-3-14(11)18)8-17(4-5-17)20-16(22)7-13-9-19-10-15(13)21/h2-3,6,13,15,19,21H,4-5,7-10H2,1H3,(H,20,22)/t13-,15-/m1/s1. The molecule has 0 bridgehead atoms. The van der Waals surface area contributed by atoms with Gasteiger partial charge < -0.3 is 15.7 Å². The number of rotatable bonds is 5. The molecule has 22 heavy (non-hydrogen) atoms. The SMILES string of the molecule is Cc1cc(CC2(NC(=O)C[C@@H]3CNC[C@H]3O)CC2)ccc1F. The first-order valence-electron chi connectivity index (χ1n) is 7.92. The Bertz CT molecular complexity index is 572. The minimum absolute atomic E-state index is 0.00358. The smallest absolute Gasteiger partial charge is 0.220 e. The Balaban J connectivity index is 1.57. The number of aryl methyl sites for hydroxylation is 1. The quantitative estimate of drug-likeness (QED) is 0.768.